The van der Waals surface area contributed by atoms with Crippen molar-refractivity contribution in [2.75, 3.05) is 7.11 Å². The largest absolute Gasteiger partial charge is 0.469 e. The average Bonchev–Trinajstić information content (AvgIpc) is 3.16. The van der Waals surface area contributed by atoms with Crippen LogP contribution in [0.1, 0.15) is 42.4 Å². The molecule has 0 aromatic heterocycles. The molecule has 0 spiro atoms. The number of halogens is 1. The van der Waals surface area contributed by atoms with Crippen molar-refractivity contribution < 1.29 is 9.53 Å². The molecule has 2 nitrogen and oxygen atoms in total. The van der Waals surface area contributed by atoms with E-state index in [1.807, 2.05) is 6.07 Å². The summed E-state index contributed by atoms with van der Waals surface area (Å²) in [5.41, 5.74) is 2.97. The molecule has 94 valence electrons. The molecule has 3 heteroatoms. The highest BCUT2D eigenvalue weighted by Gasteiger charge is 2.28. The van der Waals surface area contributed by atoms with Crippen LogP contribution in [-0.4, -0.2) is 13.1 Å². The SMILES string of the molecule is CC#Cc1cc(Cl)c(CC(=O)OC)c(C2CC2)c1. The van der Waals surface area contributed by atoms with Crippen LogP contribution >= 0.6 is 11.6 Å². The molecule has 0 atom stereocenters. The van der Waals surface area contributed by atoms with E-state index in [0.29, 0.717) is 10.9 Å². The molecular formula is C15H15ClO2. The Hall–Kier alpha value is -1.46. The molecule has 1 saturated carbocycles. The number of esters is 1. The number of ether oxygens (including phenoxy) is 1. The molecule has 0 amide bonds. The zero-order valence-electron chi connectivity index (χ0n) is 10.5. The number of carbonyl (C=O) groups excluding carboxylic acids is 1. The highest BCUT2D eigenvalue weighted by molar-refractivity contribution is 6.31. The summed E-state index contributed by atoms with van der Waals surface area (Å²) in [4.78, 5) is 11.4. The molecule has 0 aliphatic heterocycles. The van der Waals surface area contributed by atoms with Gasteiger partial charge in [-0.15, -0.1) is 5.92 Å². The van der Waals surface area contributed by atoms with E-state index in [9.17, 15) is 4.79 Å². The van der Waals surface area contributed by atoms with Crippen molar-refractivity contribution >= 4 is 17.6 Å². The van der Waals surface area contributed by atoms with Crippen LogP contribution in [0.2, 0.25) is 5.02 Å². The number of methoxy groups -OCH3 is 1. The van der Waals surface area contributed by atoms with Crippen LogP contribution in [-0.2, 0) is 16.0 Å². The minimum absolute atomic E-state index is 0.237. The van der Waals surface area contributed by atoms with Crippen LogP contribution in [0, 0.1) is 11.8 Å². The lowest BCUT2D eigenvalue weighted by molar-refractivity contribution is -0.139. The lowest BCUT2D eigenvalue weighted by Crippen LogP contribution is -2.07. The molecule has 0 unspecified atom stereocenters. The highest BCUT2D eigenvalue weighted by Crippen LogP contribution is 2.43. The van der Waals surface area contributed by atoms with E-state index in [-0.39, 0.29) is 12.4 Å². The number of carbonyl (C=O) groups is 1. The van der Waals surface area contributed by atoms with Crippen molar-refractivity contribution in [2.45, 2.75) is 32.1 Å². The second-order valence-corrected chi connectivity index (χ2v) is 4.84. The Morgan fingerprint density at radius 2 is 2.22 bits per heavy atom. The molecule has 0 bridgehead atoms. The fourth-order valence-corrected chi connectivity index (χ4v) is 2.33. The standard InChI is InChI=1S/C15H15ClO2/c1-3-4-10-7-12(11-5-6-11)13(14(16)8-10)9-15(17)18-2/h7-8,11H,5-6,9H2,1-2H3. The van der Waals surface area contributed by atoms with Gasteiger partial charge < -0.3 is 4.74 Å². The first-order valence-electron chi connectivity index (χ1n) is 5.97. The summed E-state index contributed by atoms with van der Waals surface area (Å²) in [6, 6.07) is 3.88. The van der Waals surface area contributed by atoms with E-state index >= 15 is 0 Å². The lowest BCUT2D eigenvalue weighted by atomic mass is 9.98. The Balaban J connectivity index is 2.42. The Morgan fingerprint density at radius 1 is 1.50 bits per heavy atom. The van der Waals surface area contributed by atoms with Gasteiger partial charge in [-0.25, -0.2) is 0 Å². The molecule has 0 saturated heterocycles. The summed E-state index contributed by atoms with van der Waals surface area (Å²) >= 11 is 6.27. The molecule has 18 heavy (non-hydrogen) atoms. The van der Waals surface area contributed by atoms with Gasteiger partial charge in [-0.05, 0) is 48.9 Å². The third-order valence-corrected chi connectivity index (χ3v) is 3.40. The number of benzene rings is 1. The maximum Gasteiger partial charge on any atom is 0.310 e. The molecule has 1 aromatic rings. The van der Waals surface area contributed by atoms with E-state index in [1.165, 1.54) is 7.11 Å². The Bertz CT molecular complexity index is 533. The molecule has 0 heterocycles. The van der Waals surface area contributed by atoms with E-state index in [4.69, 9.17) is 16.3 Å². The minimum Gasteiger partial charge on any atom is -0.469 e. The number of rotatable bonds is 3. The first kappa shape index (κ1) is 13.0. The normalized spacial score (nSPS) is 13.7. The Morgan fingerprint density at radius 3 is 2.78 bits per heavy atom. The fourth-order valence-electron chi connectivity index (χ4n) is 2.04. The maximum absolute atomic E-state index is 11.4. The predicted molar refractivity (Wildman–Crippen MR) is 71.7 cm³/mol. The van der Waals surface area contributed by atoms with Gasteiger partial charge in [-0.3, -0.25) is 4.79 Å². The van der Waals surface area contributed by atoms with Gasteiger partial charge in [-0.1, -0.05) is 17.5 Å². The summed E-state index contributed by atoms with van der Waals surface area (Å²) in [6.45, 7) is 1.80. The van der Waals surface area contributed by atoms with Crippen molar-refractivity contribution in [3.8, 4) is 11.8 Å². The summed E-state index contributed by atoms with van der Waals surface area (Å²) in [6.07, 6.45) is 2.56. The second kappa shape index (κ2) is 5.46. The molecule has 1 fully saturated rings. The highest BCUT2D eigenvalue weighted by atomic mass is 35.5. The summed E-state index contributed by atoms with van der Waals surface area (Å²) in [7, 11) is 1.39. The van der Waals surface area contributed by atoms with Crippen LogP contribution in [0.15, 0.2) is 12.1 Å². The minimum atomic E-state index is -0.256. The summed E-state index contributed by atoms with van der Waals surface area (Å²) < 4.78 is 4.72. The molecule has 0 radical (unpaired) electrons. The Labute approximate surface area is 112 Å². The van der Waals surface area contributed by atoms with Gasteiger partial charge in [-0.2, -0.15) is 0 Å². The van der Waals surface area contributed by atoms with Gasteiger partial charge >= 0.3 is 5.97 Å². The summed E-state index contributed by atoms with van der Waals surface area (Å²) in [5.74, 6) is 6.16. The molecular weight excluding hydrogens is 248 g/mol. The van der Waals surface area contributed by atoms with E-state index in [2.05, 4.69) is 17.9 Å². The van der Waals surface area contributed by atoms with E-state index in [0.717, 1.165) is 29.5 Å². The Kier molecular flexibility index (Phi) is 3.93. The number of hydrogen-bond acceptors (Lipinski definition) is 2. The monoisotopic (exact) mass is 262 g/mol. The van der Waals surface area contributed by atoms with Gasteiger partial charge in [0.2, 0.25) is 0 Å². The topological polar surface area (TPSA) is 26.3 Å². The predicted octanol–water partition coefficient (Wildman–Crippen LogP) is 3.30. The maximum atomic E-state index is 11.4. The molecule has 0 N–H and O–H groups in total. The van der Waals surface area contributed by atoms with Crippen LogP contribution in [0.5, 0.6) is 0 Å². The van der Waals surface area contributed by atoms with Crippen LogP contribution in [0.3, 0.4) is 0 Å². The molecule has 1 aliphatic rings. The van der Waals surface area contributed by atoms with Gasteiger partial charge in [0.05, 0.1) is 13.5 Å². The van der Waals surface area contributed by atoms with E-state index in [1.54, 1.807) is 6.92 Å². The third kappa shape index (κ3) is 2.86. The summed E-state index contributed by atoms with van der Waals surface area (Å²) in [5, 5.41) is 0.613. The number of hydrogen-bond donors (Lipinski definition) is 0. The second-order valence-electron chi connectivity index (χ2n) is 4.43. The van der Waals surface area contributed by atoms with Crippen molar-refractivity contribution in [3.63, 3.8) is 0 Å². The smallest absolute Gasteiger partial charge is 0.310 e. The zero-order chi connectivity index (χ0) is 13.1. The van der Waals surface area contributed by atoms with Crippen LogP contribution in [0.25, 0.3) is 0 Å². The fraction of sp³-hybridized carbons (Fsp3) is 0.400. The lowest BCUT2D eigenvalue weighted by Gasteiger charge is -2.11. The van der Waals surface area contributed by atoms with E-state index < -0.39 is 0 Å². The van der Waals surface area contributed by atoms with Crippen molar-refractivity contribution in [1.29, 1.82) is 0 Å². The van der Waals surface area contributed by atoms with Gasteiger partial charge in [0.15, 0.2) is 0 Å². The zero-order valence-corrected chi connectivity index (χ0v) is 11.3. The third-order valence-electron chi connectivity index (χ3n) is 3.07. The van der Waals surface area contributed by atoms with Gasteiger partial charge in [0.25, 0.3) is 0 Å². The molecule has 1 aromatic carbocycles. The first-order chi connectivity index (χ1) is 8.65. The van der Waals surface area contributed by atoms with Crippen LogP contribution < -0.4 is 0 Å². The first-order valence-corrected chi connectivity index (χ1v) is 6.35. The quantitative estimate of drug-likeness (QED) is 0.617. The van der Waals surface area contributed by atoms with Gasteiger partial charge in [0.1, 0.15) is 0 Å². The molecule has 2 rings (SSSR count). The van der Waals surface area contributed by atoms with Crippen molar-refractivity contribution in [2.24, 2.45) is 0 Å². The van der Waals surface area contributed by atoms with Crippen molar-refractivity contribution in [3.05, 3.63) is 33.8 Å². The average molecular weight is 263 g/mol. The van der Waals surface area contributed by atoms with Crippen LogP contribution in [0.4, 0.5) is 0 Å². The van der Waals surface area contributed by atoms with Gasteiger partial charge in [0, 0.05) is 10.6 Å². The molecule has 1 aliphatic carbocycles. The van der Waals surface area contributed by atoms with Crippen molar-refractivity contribution in [1.82, 2.24) is 0 Å².